The fourth-order valence-corrected chi connectivity index (χ4v) is 3.41. The molecule has 1 aliphatic heterocycles. The van der Waals surface area contributed by atoms with Gasteiger partial charge in [0, 0.05) is 26.7 Å². The average molecular weight is 498 g/mol. The summed E-state index contributed by atoms with van der Waals surface area (Å²) in [4.78, 5) is 7.87. The van der Waals surface area contributed by atoms with Gasteiger partial charge < -0.3 is 10.2 Å². The molecule has 1 N–H and O–H groups in total. The highest BCUT2D eigenvalue weighted by molar-refractivity contribution is 14.0. The van der Waals surface area contributed by atoms with Crippen LogP contribution in [0.3, 0.4) is 0 Å². The summed E-state index contributed by atoms with van der Waals surface area (Å²) < 4.78 is 36.9. The van der Waals surface area contributed by atoms with E-state index < -0.39 is 12.7 Å². The van der Waals surface area contributed by atoms with Crippen LogP contribution in [0.4, 0.5) is 13.2 Å². The van der Waals surface area contributed by atoms with Gasteiger partial charge in [0.2, 0.25) is 0 Å². The summed E-state index contributed by atoms with van der Waals surface area (Å²) in [6, 6.07) is 10.5. The Morgan fingerprint density at radius 2 is 2.00 bits per heavy atom. The zero-order chi connectivity index (χ0) is 19.0. The molecule has 1 aromatic rings. The van der Waals surface area contributed by atoms with Crippen molar-refractivity contribution in [1.29, 1.82) is 0 Å². The van der Waals surface area contributed by atoms with Crippen molar-refractivity contribution in [3.63, 3.8) is 0 Å². The van der Waals surface area contributed by atoms with Gasteiger partial charge in [0.25, 0.3) is 0 Å². The minimum absolute atomic E-state index is 0. The maximum absolute atomic E-state index is 12.3. The largest absolute Gasteiger partial charge is 0.401 e. The van der Waals surface area contributed by atoms with Crippen molar-refractivity contribution in [2.45, 2.75) is 25.4 Å². The Bertz CT molecular complexity index is 566. The molecule has 1 atom stereocenters. The van der Waals surface area contributed by atoms with Crippen molar-refractivity contribution >= 4 is 29.9 Å². The molecule has 0 amide bonds. The van der Waals surface area contributed by atoms with Crippen LogP contribution in [0.1, 0.15) is 18.4 Å². The Morgan fingerprint density at radius 3 is 2.63 bits per heavy atom. The number of likely N-dealkylation sites (tertiary alicyclic amines) is 1. The predicted molar refractivity (Wildman–Crippen MR) is 115 cm³/mol. The van der Waals surface area contributed by atoms with E-state index in [0.717, 1.165) is 31.9 Å². The van der Waals surface area contributed by atoms with Gasteiger partial charge in [-0.1, -0.05) is 30.3 Å². The van der Waals surface area contributed by atoms with Crippen LogP contribution in [0.2, 0.25) is 0 Å². The molecule has 0 saturated carbocycles. The third-order valence-corrected chi connectivity index (χ3v) is 4.61. The molecule has 0 spiro atoms. The minimum atomic E-state index is -4.14. The van der Waals surface area contributed by atoms with Gasteiger partial charge in [0.05, 0.1) is 6.54 Å². The highest BCUT2D eigenvalue weighted by atomic mass is 127. The van der Waals surface area contributed by atoms with Gasteiger partial charge in [-0.3, -0.25) is 9.89 Å². The maximum atomic E-state index is 12.3. The van der Waals surface area contributed by atoms with E-state index in [1.807, 2.05) is 6.07 Å². The number of alkyl halides is 3. The van der Waals surface area contributed by atoms with Crippen LogP contribution >= 0.6 is 24.0 Å². The SMILES string of the molecule is CN=C(NCCCN(C)CC(F)(F)F)N1CCC(Cc2ccccc2)C1.I. The van der Waals surface area contributed by atoms with E-state index in [0.29, 0.717) is 25.4 Å². The van der Waals surface area contributed by atoms with Crippen LogP contribution in [0.15, 0.2) is 35.3 Å². The number of halogens is 4. The molecule has 1 fully saturated rings. The highest BCUT2D eigenvalue weighted by Gasteiger charge is 2.29. The topological polar surface area (TPSA) is 30.9 Å². The van der Waals surface area contributed by atoms with Gasteiger partial charge in [-0.2, -0.15) is 13.2 Å². The van der Waals surface area contributed by atoms with Crippen molar-refractivity contribution in [2.75, 3.05) is 46.8 Å². The lowest BCUT2D eigenvalue weighted by molar-refractivity contribution is -0.143. The first-order valence-electron chi connectivity index (χ1n) is 9.12. The van der Waals surface area contributed by atoms with E-state index in [9.17, 15) is 13.2 Å². The molecule has 1 aromatic carbocycles. The molecule has 0 aliphatic carbocycles. The normalized spacial score (nSPS) is 17.9. The lowest BCUT2D eigenvalue weighted by atomic mass is 9.99. The highest BCUT2D eigenvalue weighted by Crippen LogP contribution is 2.21. The first kappa shape index (κ1) is 24.0. The van der Waals surface area contributed by atoms with Crippen LogP contribution in [0.5, 0.6) is 0 Å². The van der Waals surface area contributed by atoms with Crippen molar-refractivity contribution in [3.05, 3.63) is 35.9 Å². The van der Waals surface area contributed by atoms with Gasteiger partial charge in [-0.05, 0) is 44.3 Å². The van der Waals surface area contributed by atoms with Crippen LogP contribution in [0.25, 0.3) is 0 Å². The van der Waals surface area contributed by atoms with Gasteiger partial charge in [-0.15, -0.1) is 24.0 Å². The molecule has 1 unspecified atom stereocenters. The molecule has 1 aliphatic rings. The Labute approximate surface area is 177 Å². The summed E-state index contributed by atoms with van der Waals surface area (Å²) in [7, 11) is 3.25. The molecule has 2 rings (SSSR count). The summed E-state index contributed by atoms with van der Waals surface area (Å²) in [5.74, 6) is 1.45. The van der Waals surface area contributed by atoms with E-state index in [1.165, 1.54) is 17.5 Å². The van der Waals surface area contributed by atoms with Gasteiger partial charge in [0.1, 0.15) is 0 Å². The zero-order valence-corrected chi connectivity index (χ0v) is 18.3. The van der Waals surface area contributed by atoms with Crippen LogP contribution in [0, 0.1) is 5.92 Å². The van der Waals surface area contributed by atoms with Crippen molar-refractivity contribution in [3.8, 4) is 0 Å². The molecule has 0 bridgehead atoms. The smallest absolute Gasteiger partial charge is 0.356 e. The van der Waals surface area contributed by atoms with Gasteiger partial charge >= 0.3 is 6.18 Å². The minimum Gasteiger partial charge on any atom is -0.356 e. The van der Waals surface area contributed by atoms with Crippen LogP contribution in [-0.2, 0) is 6.42 Å². The predicted octanol–water partition coefficient (Wildman–Crippen LogP) is 3.63. The number of aliphatic imine (C=N–C) groups is 1. The number of hydrogen-bond donors (Lipinski definition) is 1. The van der Waals surface area contributed by atoms with Crippen molar-refractivity contribution in [1.82, 2.24) is 15.1 Å². The molecule has 0 radical (unpaired) electrons. The number of benzene rings is 1. The third kappa shape index (κ3) is 9.14. The Balaban J connectivity index is 0.00000364. The summed E-state index contributed by atoms with van der Waals surface area (Å²) in [6.07, 6.45) is -1.30. The first-order valence-corrected chi connectivity index (χ1v) is 9.12. The molecule has 154 valence electrons. The molecule has 27 heavy (non-hydrogen) atoms. The van der Waals surface area contributed by atoms with Crippen LogP contribution in [-0.4, -0.2) is 68.8 Å². The summed E-state index contributed by atoms with van der Waals surface area (Å²) in [5.41, 5.74) is 1.36. The average Bonchev–Trinajstić information content (AvgIpc) is 3.02. The number of nitrogens with zero attached hydrogens (tertiary/aromatic N) is 3. The summed E-state index contributed by atoms with van der Waals surface area (Å²) >= 11 is 0. The van der Waals surface area contributed by atoms with Crippen LogP contribution < -0.4 is 5.32 Å². The second-order valence-corrected chi connectivity index (χ2v) is 6.97. The molecule has 1 saturated heterocycles. The van der Waals surface area contributed by atoms with E-state index in [-0.39, 0.29) is 24.0 Å². The molecule has 0 aromatic heterocycles. The summed E-state index contributed by atoms with van der Waals surface area (Å²) in [6.45, 7) is 2.08. The number of rotatable bonds is 7. The quantitative estimate of drug-likeness (QED) is 0.270. The van der Waals surface area contributed by atoms with Crippen molar-refractivity contribution < 1.29 is 13.2 Å². The Kier molecular flexibility index (Phi) is 10.4. The second-order valence-electron chi connectivity index (χ2n) is 6.97. The second kappa shape index (κ2) is 11.7. The lowest BCUT2D eigenvalue weighted by Gasteiger charge is -2.23. The molecular formula is C19H30F3IN4. The number of nitrogens with one attached hydrogen (secondary N) is 1. The standard InChI is InChI=1S/C19H29F3N4.HI/c1-23-18(24-10-6-11-25(2)15-19(20,21)22)26-12-9-17(14-26)13-16-7-4-3-5-8-16;/h3-5,7-8,17H,6,9-15H2,1-2H3,(H,23,24);1H. The lowest BCUT2D eigenvalue weighted by Crippen LogP contribution is -2.41. The zero-order valence-electron chi connectivity index (χ0n) is 16.0. The molecule has 8 heteroatoms. The summed E-state index contributed by atoms with van der Waals surface area (Å²) in [5, 5.41) is 3.28. The molecule has 4 nitrogen and oxygen atoms in total. The Hall–Kier alpha value is -1.03. The van der Waals surface area contributed by atoms with E-state index in [2.05, 4.69) is 39.5 Å². The monoisotopic (exact) mass is 498 g/mol. The molecular weight excluding hydrogens is 468 g/mol. The fraction of sp³-hybridized carbons (Fsp3) is 0.632. The van der Waals surface area contributed by atoms with Crippen molar-refractivity contribution in [2.24, 2.45) is 10.9 Å². The van der Waals surface area contributed by atoms with Gasteiger partial charge in [0.15, 0.2) is 5.96 Å². The van der Waals surface area contributed by atoms with E-state index >= 15 is 0 Å². The Morgan fingerprint density at radius 1 is 1.30 bits per heavy atom. The fourth-order valence-electron chi connectivity index (χ4n) is 3.41. The van der Waals surface area contributed by atoms with E-state index in [1.54, 1.807) is 7.05 Å². The number of guanidine groups is 1. The third-order valence-electron chi connectivity index (χ3n) is 4.61. The van der Waals surface area contributed by atoms with E-state index in [4.69, 9.17) is 0 Å². The maximum Gasteiger partial charge on any atom is 0.401 e. The first-order chi connectivity index (χ1) is 12.4. The van der Waals surface area contributed by atoms with Gasteiger partial charge in [-0.25, -0.2) is 0 Å². The molecule has 1 heterocycles. The number of hydrogen-bond acceptors (Lipinski definition) is 2.